The molecule has 1 atom stereocenters. The Morgan fingerprint density at radius 2 is 1.77 bits per heavy atom. The number of carbonyl (C=O) groups is 2. The molecule has 5 nitrogen and oxygen atoms in total. The number of rotatable bonds is 5. The van der Waals surface area contributed by atoms with Crippen LogP contribution in [0.4, 0.5) is 0 Å². The van der Waals surface area contributed by atoms with Crippen LogP contribution in [-0.4, -0.2) is 79.3 Å². The molecule has 0 saturated carbocycles. The minimum atomic E-state index is -0.429. The molecule has 0 unspecified atom stereocenters. The first kappa shape index (κ1) is 19.1. The van der Waals surface area contributed by atoms with Crippen molar-refractivity contribution in [2.24, 2.45) is 0 Å². The van der Waals surface area contributed by atoms with Gasteiger partial charge in [-0.1, -0.05) is 30.3 Å². The number of hydrogen-bond donors (Lipinski definition) is 0. The van der Waals surface area contributed by atoms with Crippen LogP contribution in [0, 0.1) is 0 Å². The first-order chi connectivity index (χ1) is 12.4. The molecule has 26 heavy (non-hydrogen) atoms. The average molecular weight is 357 g/mol. The molecule has 1 aromatic carbocycles. The van der Waals surface area contributed by atoms with Crippen LogP contribution in [-0.2, 0) is 15.0 Å². The summed E-state index contributed by atoms with van der Waals surface area (Å²) < 4.78 is 0. The maximum Gasteiger partial charge on any atom is 0.236 e. The molecule has 1 amide bonds. The number of piperidine rings is 1. The molecule has 0 aromatic heterocycles. The van der Waals surface area contributed by atoms with Crippen LogP contribution in [0.2, 0.25) is 0 Å². The van der Waals surface area contributed by atoms with Gasteiger partial charge < -0.3 is 9.80 Å². The molecule has 3 rings (SSSR count). The Balaban J connectivity index is 1.59. The number of nitrogens with zero attached hydrogens (tertiary/aromatic N) is 3. The van der Waals surface area contributed by atoms with Gasteiger partial charge in [0, 0.05) is 32.2 Å². The number of amides is 1. The van der Waals surface area contributed by atoms with E-state index < -0.39 is 5.41 Å². The fourth-order valence-electron chi connectivity index (χ4n) is 4.41. The zero-order chi connectivity index (χ0) is 18.7. The lowest BCUT2D eigenvalue weighted by atomic mass is 9.70. The van der Waals surface area contributed by atoms with Crippen LogP contribution in [0.1, 0.15) is 31.7 Å². The Morgan fingerprint density at radius 3 is 2.31 bits per heavy atom. The standard InChI is InChI=1S/C21H31N3O2/c1-17(25)21(18-7-5-4-6-8-18)10-13-24(14-11-21)20(26)16-23-12-9-19(15-23)22(2)3/h4-8,19H,9-16H2,1-3H3/t19-/m0/s1. The SMILES string of the molecule is CC(=O)C1(c2ccccc2)CCN(C(=O)CN2CC[C@H](N(C)C)C2)CC1. The Morgan fingerprint density at radius 1 is 1.12 bits per heavy atom. The highest BCUT2D eigenvalue weighted by Crippen LogP contribution is 2.36. The molecule has 2 aliphatic heterocycles. The van der Waals surface area contributed by atoms with Gasteiger partial charge in [0.25, 0.3) is 0 Å². The average Bonchev–Trinajstić information content (AvgIpc) is 3.11. The molecular weight excluding hydrogens is 326 g/mol. The van der Waals surface area contributed by atoms with E-state index in [-0.39, 0.29) is 11.7 Å². The van der Waals surface area contributed by atoms with Gasteiger partial charge >= 0.3 is 0 Å². The molecule has 1 aromatic rings. The maximum absolute atomic E-state index is 12.7. The van der Waals surface area contributed by atoms with Gasteiger partial charge in [-0.05, 0) is 45.8 Å². The second-order valence-electron chi connectivity index (χ2n) is 8.03. The number of benzene rings is 1. The number of likely N-dealkylation sites (tertiary alicyclic amines) is 2. The van der Waals surface area contributed by atoms with Gasteiger partial charge in [0.05, 0.1) is 12.0 Å². The Labute approximate surface area is 156 Å². The fourth-order valence-corrected chi connectivity index (χ4v) is 4.41. The summed E-state index contributed by atoms with van der Waals surface area (Å²) in [5, 5.41) is 0. The summed E-state index contributed by atoms with van der Waals surface area (Å²) in [7, 11) is 4.21. The molecule has 5 heteroatoms. The van der Waals surface area contributed by atoms with Gasteiger partial charge in [-0.3, -0.25) is 14.5 Å². The molecule has 2 saturated heterocycles. The van der Waals surface area contributed by atoms with Crippen molar-refractivity contribution in [3.63, 3.8) is 0 Å². The number of Topliss-reactive ketones (excluding diaryl/α,β-unsaturated/α-hetero) is 1. The number of ketones is 1. The van der Waals surface area contributed by atoms with E-state index in [4.69, 9.17) is 0 Å². The maximum atomic E-state index is 12.7. The molecule has 2 heterocycles. The molecular formula is C21H31N3O2. The monoisotopic (exact) mass is 357 g/mol. The van der Waals surface area contributed by atoms with E-state index in [1.807, 2.05) is 35.2 Å². The van der Waals surface area contributed by atoms with Gasteiger partial charge in [-0.25, -0.2) is 0 Å². The third kappa shape index (κ3) is 3.84. The van der Waals surface area contributed by atoms with Gasteiger partial charge in [-0.2, -0.15) is 0 Å². The van der Waals surface area contributed by atoms with E-state index in [9.17, 15) is 9.59 Å². The number of hydrogen-bond acceptors (Lipinski definition) is 4. The van der Waals surface area contributed by atoms with E-state index in [1.54, 1.807) is 6.92 Å². The smallest absolute Gasteiger partial charge is 0.236 e. The van der Waals surface area contributed by atoms with E-state index in [0.29, 0.717) is 25.7 Å². The minimum Gasteiger partial charge on any atom is -0.341 e. The van der Waals surface area contributed by atoms with Crippen molar-refractivity contribution in [1.82, 2.24) is 14.7 Å². The predicted octanol–water partition coefficient (Wildman–Crippen LogP) is 1.77. The first-order valence-corrected chi connectivity index (χ1v) is 9.65. The molecule has 2 aliphatic rings. The second-order valence-corrected chi connectivity index (χ2v) is 8.03. The third-order valence-electron chi connectivity index (χ3n) is 6.31. The zero-order valence-electron chi connectivity index (χ0n) is 16.3. The minimum absolute atomic E-state index is 0.203. The van der Waals surface area contributed by atoms with Gasteiger partial charge in [0.1, 0.15) is 5.78 Å². The summed E-state index contributed by atoms with van der Waals surface area (Å²) >= 11 is 0. The number of carbonyl (C=O) groups excluding carboxylic acids is 2. The van der Waals surface area contributed by atoms with Crippen molar-refractivity contribution in [2.45, 2.75) is 37.6 Å². The Kier molecular flexibility index (Phi) is 5.78. The van der Waals surface area contributed by atoms with Gasteiger partial charge in [0.2, 0.25) is 5.91 Å². The van der Waals surface area contributed by atoms with Crippen molar-refractivity contribution < 1.29 is 9.59 Å². The lowest BCUT2D eigenvalue weighted by Gasteiger charge is -2.41. The van der Waals surface area contributed by atoms with Crippen molar-refractivity contribution in [3.05, 3.63) is 35.9 Å². The lowest BCUT2D eigenvalue weighted by Crippen LogP contribution is -2.50. The summed E-state index contributed by atoms with van der Waals surface area (Å²) in [6.07, 6.45) is 2.57. The Hall–Kier alpha value is -1.72. The quantitative estimate of drug-likeness (QED) is 0.806. The highest BCUT2D eigenvalue weighted by molar-refractivity contribution is 5.88. The van der Waals surface area contributed by atoms with Crippen molar-refractivity contribution in [3.8, 4) is 0 Å². The summed E-state index contributed by atoms with van der Waals surface area (Å²) in [5.41, 5.74) is 0.662. The topological polar surface area (TPSA) is 43.9 Å². The fraction of sp³-hybridized carbons (Fsp3) is 0.619. The van der Waals surface area contributed by atoms with Crippen LogP contribution >= 0.6 is 0 Å². The highest BCUT2D eigenvalue weighted by atomic mass is 16.2. The normalized spacial score (nSPS) is 23.4. The second kappa shape index (κ2) is 7.89. The molecule has 0 aliphatic carbocycles. The summed E-state index contributed by atoms with van der Waals surface area (Å²) in [6.45, 7) is 5.48. The summed E-state index contributed by atoms with van der Waals surface area (Å²) in [5.74, 6) is 0.416. The molecule has 0 bridgehead atoms. The van der Waals surface area contributed by atoms with Crippen LogP contribution in [0.15, 0.2) is 30.3 Å². The molecule has 0 spiro atoms. The lowest BCUT2D eigenvalue weighted by molar-refractivity contribution is -0.136. The van der Waals surface area contributed by atoms with E-state index in [1.165, 1.54) is 0 Å². The van der Waals surface area contributed by atoms with E-state index >= 15 is 0 Å². The molecule has 142 valence electrons. The van der Waals surface area contributed by atoms with Crippen LogP contribution in [0.25, 0.3) is 0 Å². The molecule has 2 fully saturated rings. The largest absolute Gasteiger partial charge is 0.341 e. The molecule has 0 N–H and O–H groups in total. The highest BCUT2D eigenvalue weighted by Gasteiger charge is 2.41. The molecule has 0 radical (unpaired) electrons. The third-order valence-corrected chi connectivity index (χ3v) is 6.31. The van der Waals surface area contributed by atoms with E-state index in [0.717, 1.165) is 37.9 Å². The first-order valence-electron chi connectivity index (χ1n) is 9.65. The van der Waals surface area contributed by atoms with Crippen LogP contribution in [0.5, 0.6) is 0 Å². The number of likely N-dealkylation sites (N-methyl/N-ethyl adjacent to an activating group) is 1. The van der Waals surface area contributed by atoms with Gasteiger partial charge in [-0.15, -0.1) is 0 Å². The van der Waals surface area contributed by atoms with Crippen LogP contribution < -0.4 is 0 Å². The Bertz CT molecular complexity index is 636. The summed E-state index contributed by atoms with van der Waals surface area (Å²) in [6, 6.07) is 10.6. The van der Waals surface area contributed by atoms with Gasteiger partial charge in [0.15, 0.2) is 0 Å². The summed E-state index contributed by atoms with van der Waals surface area (Å²) in [4.78, 5) is 31.6. The zero-order valence-corrected chi connectivity index (χ0v) is 16.3. The van der Waals surface area contributed by atoms with E-state index in [2.05, 4.69) is 23.9 Å². The van der Waals surface area contributed by atoms with Crippen molar-refractivity contribution >= 4 is 11.7 Å². The van der Waals surface area contributed by atoms with Crippen LogP contribution in [0.3, 0.4) is 0 Å². The van der Waals surface area contributed by atoms with Crippen molar-refractivity contribution in [1.29, 1.82) is 0 Å². The van der Waals surface area contributed by atoms with Crippen molar-refractivity contribution in [2.75, 3.05) is 46.8 Å². The predicted molar refractivity (Wildman–Crippen MR) is 103 cm³/mol.